The average molecular weight is 412 g/mol. The summed E-state index contributed by atoms with van der Waals surface area (Å²) in [4.78, 5) is 37.9. The van der Waals surface area contributed by atoms with Crippen LogP contribution in [0.4, 0.5) is 17.1 Å². The van der Waals surface area contributed by atoms with Gasteiger partial charge in [-0.3, -0.25) is 14.4 Å². The largest absolute Gasteiger partial charge is 0.505 e. The number of benzene rings is 1. The summed E-state index contributed by atoms with van der Waals surface area (Å²) in [5, 5.41) is 16.5. The number of aromatic hydroxyl groups is 1. The van der Waals surface area contributed by atoms with Crippen molar-refractivity contribution in [2.45, 2.75) is 40.2 Å². The van der Waals surface area contributed by atoms with E-state index >= 15 is 0 Å². The van der Waals surface area contributed by atoms with Crippen molar-refractivity contribution in [3.8, 4) is 5.75 Å². The van der Waals surface area contributed by atoms with Crippen molar-refractivity contribution in [2.24, 2.45) is 0 Å². The van der Waals surface area contributed by atoms with E-state index in [1.54, 1.807) is 26.2 Å². The predicted molar refractivity (Wildman–Crippen MR) is 122 cm³/mol. The van der Waals surface area contributed by atoms with Gasteiger partial charge in [0.25, 0.3) is 16.8 Å². The number of carbonyl (C=O) groups excluding carboxylic acids is 1. The molecule has 2 aromatic carbocycles. The summed E-state index contributed by atoms with van der Waals surface area (Å²) in [6, 6.07) is 4.51. The van der Waals surface area contributed by atoms with Crippen LogP contribution in [-0.2, 0) is 0 Å². The highest BCUT2D eigenvalue weighted by Gasteiger charge is 2.25. The molecular formula is C23H29N3O4. The van der Waals surface area contributed by atoms with Gasteiger partial charge >= 0.3 is 0 Å². The molecule has 0 aliphatic heterocycles. The van der Waals surface area contributed by atoms with Gasteiger partial charge in [0, 0.05) is 20.1 Å². The van der Waals surface area contributed by atoms with E-state index in [2.05, 4.69) is 10.6 Å². The molecule has 30 heavy (non-hydrogen) atoms. The zero-order valence-electron chi connectivity index (χ0n) is 18.3. The second-order valence-corrected chi connectivity index (χ2v) is 7.69. The summed E-state index contributed by atoms with van der Waals surface area (Å²) >= 11 is 0. The molecule has 1 amide bonds. The van der Waals surface area contributed by atoms with Crippen LogP contribution in [0.5, 0.6) is 5.75 Å². The first kappa shape index (κ1) is 22.9. The predicted octanol–water partition coefficient (Wildman–Crippen LogP) is 3.54. The molecule has 0 saturated carbocycles. The summed E-state index contributed by atoms with van der Waals surface area (Å²) < 4.78 is 0. The van der Waals surface area contributed by atoms with E-state index in [4.69, 9.17) is 0 Å². The van der Waals surface area contributed by atoms with Gasteiger partial charge in [0.2, 0.25) is 0 Å². The highest BCUT2D eigenvalue weighted by Crippen LogP contribution is 2.32. The maximum Gasteiger partial charge on any atom is 0.257 e. The number of nitrogens with one attached hydrogen (secondary N) is 2. The van der Waals surface area contributed by atoms with Gasteiger partial charge in [-0.05, 0) is 39.3 Å². The summed E-state index contributed by atoms with van der Waals surface area (Å²) in [6.45, 7) is 7.94. The lowest BCUT2D eigenvalue weighted by Crippen LogP contribution is -2.39. The molecule has 7 heteroatoms. The molecule has 0 radical (unpaired) electrons. The zero-order chi connectivity index (χ0) is 22.6. The van der Waals surface area contributed by atoms with Gasteiger partial charge in [-0.1, -0.05) is 36.3 Å². The number of rotatable bonds is 8. The zero-order valence-corrected chi connectivity index (χ0v) is 18.3. The fourth-order valence-corrected chi connectivity index (χ4v) is 2.97. The Balaban J connectivity index is 2.34. The van der Waals surface area contributed by atoms with Crippen LogP contribution in [0, 0.1) is 0 Å². The molecule has 0 saturated heterocycles. The van der Waals surface area contributed by atoms with Gasteiger partial charge in [0.15, 0.2) is 5.75 Å². The molecule has 2 rings (SSSR count). The Kier molecular flexibility index (Phi) is 7.21. The first-order valence-corrected chi connectivity index (χ1v) is 9.80. The number of phenols is 1. The van der Waals surface area contributed by atoms with E-state index in [9.17, 15) is 19.5 Å². The van der Waals surface area contributed by atoms with Crippen LogP contribution in [0.25, 0.3) is 0 Å². The molecule has 0 fully saturated rings. The highest BCUT2D eigenvalue weighted by atomic mass is 16.3. The standard InChI is InChI=1S/C23H29N3O4/c1-7-16(14(4)12-11-13(2)3)24-18-19(22(29)21(18)28)25-17-10-8-9-15(20(17)27)23(30)26(5)6/h8-12,16,24-25,27H,7H2,1-6H3/b14-12+/t16-/m1/s1. The number of hydrogen-bond acceptors (Lipinski definition) is 6. The smallest absolute Gasteiger partial charge is 0.257 e. The third kappa shape index (κ3) is 4.79. The molecule has 0 spiro atoms. The summed E-state index contributed by atoms with van der Waals surface area (Å²) in [7, 11) is 3.16. The fraction of sp³-hybridized carbons (Fsp3) is 0.348. The van der Waals surface area contributed by atoms with Crippen molar-refractivity contribution in [3.05, 3.63) is 67.5 Å². The molecule has 7 nitrogen and oxygen atoms in total. The van der Waals surface area contributed by atoms with Crippen molar-refractivity contribution in [2.75, 3.05) is 24.7 Å². The minimum atomic E-state index is -0.665. The number of phenolic OH excluding ortho intramolecular Hbond substituents is 1. The van der Waals surface area contributed by atoms with Gasteiger partial charge in [0.1, 0.15) is 11.4 Å². The average Bonchev–Trinajstić information content (AvgIpc) is 2.71. The molecular weight excluding hydrogens is 382 g/mol. The van der Waals surface area contributed by atoms with Crippen molar-refractivity contribution < 1.29 is 9.90 Å². The van der Waals surface area contributed by atoms with Crippen LogP contribution in [0.2, 0.25) is 0 Å². The topological polar surface area (TPSA) is 98.7 Å². The normalized spacial score (nSPS) is 12.4. The lowest BCUT2D eigenvalue weighted by molar-refractivity contribution is 0.0824. The number of para-hydroxylation sites is 1. The minimum Gasteiger partial charge on any atom is -0.505 e. The van der Waals surface area contributed by atoms with E-state index in [0.717, 1.165) is 17.6 Å². The van der Waals surface area contributed by atoms with Gasteiger partial charge in [-0.15, -0.1) is 0 Å². The van der Waals surface area contributed by atoms with E-state index in [0.29, 0.717) is 0 Å². The van der Waals surface area contributed by atoms with Gasteiger partial charge in [-0.2, -0.15) is 0 Å². The Morgan fingerprint density at radius 3 is 2.30 bits per heavy atom. The van der Waals surface area contributed by atoms with Crippen LogP contribution in [0.3, 0.4) is 0 Å². The second-order valence-electron chi connectivity index (χ2n) is 7.69. The first-order chi connectivity index (χ1) is 14.1. The first-order valence-electron chi connectivity index (χ1n) is 9.80. The molecule has 2 aromatic rings. The summed E-state index contributed by atoms with van der Waals surface area (Å²) in [6.07, 6.45) is 4.69. The Labute approximate surface area is 176 Å². The maximum atomic E-state index is 12.2. The fourth-order valence-electron chi connectivity index (χ4n) is 2.97. The highest BCUT2D eigenvalue weighted by molar-refractivity contribution is 5.99. The number of anilines is 3. The molecule has 0 aromatic heterocycles. The van der Waals surface area contributed by atoms with Crippen LogP contribution in [-0.4, -0.2) is 36.1 Å². The summed E-state index contributed by atoms with van der Waals surface area (Å²) in [5.74, 6) is -0.646. The molecule has 3 N–H and O–H groups in total. The quantitative estimate of drug-likeness (QED) is 0.349. The molecule has 0 aliphatic rings. The molecule has 160 valence electrons. The number of allylic oxidation sites excluding steroid dienone is 3. The van der Waals surface area contributed by atoms with Crippen LogP contribution in [0.15, 0.2) is 51.1 Å². The molecule has 0 heterocycles. The van der Waals surface area contributed by atoms with Crippen LogP contribution < -0.4 is 21.5 Å². The second kappa shape index (κ2) is 9.43. The van der Waals surface area contributed by atoms with Crippen molar-refractivity contribution in [1.29, 1.82) is 0 Å². The third-order valence-corrected chi connectivity index (χ3v) is 4.80. The van der Waals surface area contributed by atoms with Crippen molar-refractivity contribution in [1.82, 2.24) is 4.90 Å². The third-order valence-electron chi connectivity index (χ3n) is 4.80. The molecule has 0 aliphatic carbocycles. The molecule has 0 bridgehead atoms. The Morgan fingerprint density at radius 2 is 1.73 bits per heavy atom. The van der Waals surface area contributed by atoms with Gasteiger partial charge < -0.3 is 20.6 Å². The minimum absolute atomic E-state index is 0.0817. The SMILES string of the molecule is CC[C@@H](Nc1c(Nc2cccc(C(=O)N(C)C)c2O)c(=O)c1=O)/C(C)=C/C=C(C)C. The number of nitrogens with zero attached hydrogens (tertiary/aromatic N) is 1. The van der Waals surface area contributed by atoms with E-state index in [1.807, 2.05) is 39.8 Å². The van der Waals surface area contributed by atoms with E-state index in [1.165, 1.54) is 11.0 Å². The van der Waals surface area contributed by atoms with Crippen LogP contribution in [0.1, 0.15) is 44.5 Å². The number of hydrogen-bond donors (Lipinski definition) is 3. The lowest BCUT2D eigenvalue weighted by atomic mass is 10.0. The van der Waals surface area contributed by atoms with Crippen molar-refractivity contribution in [3.63, 3.8) is 0 Å². The lowest BCUT2D eigenvalue weighted by Gasteiger charge is -2.23. The van der Waals surface area contributed by atoms with E-state index < -0.39 is 10.9 Å². The Bertz CT molecular complexity index is 1070. The monoisotopic (exact) mass is 411 g/mol. The number of amides is 1. The molecule has 0 unspecified atom stereocenters. The van der Waals surface area contributed by atoms with Gasteiger partial charge in [-0.25, -0.2) is 0 Å². The maximum absolute atomic E-state index is 12.2. The Morgan fingerprint density at radius 1 is 1.10 bits per heavy atom. The van der Waals surface area contributed by atoms with Crippen LogP contribution >= 0.6 is 0 Å². The molecule has 1 atom stereocenters. The van der Waals surface area contributed by atoms with Gasteiger partial charge in [0.05, 0.1) is 11.3 Å². The summed E-state index contributed by atoms with van der Waals surface area (Å²) in [5.41, 5.74) is 1.46. The van der Waals surface area contributed by atoms with Crippen molar-refractivity contribution >= 4 is 23.0 Å². The van der Waals surface area contributed by atoms with E-state index in [-0.39, 0.29) is 40.3 Å². The number of carbonyl (C=O) groups is 1. The Hall–Kier alpha value is -3.35.